The van der Waals surface area contributed by atoms with Crippen molar-refractivity contribution < 1.29 is 33.3 Å². The Bertz CT molecular complexity index is 1180. The standard InChI is InChI=1S/C25H24N2O7S/c28-23(18-5-1-2-6-19(18)32-14-17-4-3-11-31-17)26-9-10-27-24(29)22(35-25(27)30)13-16-7-8-20-21(12-16)34-15-33-20/h1-2,5-8,12-13,17H,3-4,9-11,14-15H2,(H,26,28)/b22-13-. The first-order valence-corrected chi connectivity index (χ1v) is 12.2. The normalized spacial score (nSPS) is 20.1. The van der Waals surface area contributed by atoms with E-state index in [0.717, 1.165) is 41.7 Å². The third-order valence-electron chi connectivity index (χ3n) is 5.77. The van der Waals surface area contributed by atoms with Crippen LogP contribution in [0.4, 0.5) is 4.79 Å². The van der Waals surface area contributed by atoms with Crippen LogP contribution < -0.4 is 19.5 Å². The molecule has 0 saturated carbocycles. The Morgan fingerprint density at radius 2 is 2.03 bits per heavy atom. The van der Waals surface area contributed by atoms with Crippen molar-refractivity contribution in [2.24, 2.45) is 0 Å². The molecule has 1 N–H and O–H groups in total. The van der Waals surface area contributed by atoms with Gasteiger partial charge in [-0.05, 0) is 60.5 Å². The zero-order valence-corrected chi connectivity index (χ0v) is 19.7. The number of rotatable bonds is 8. The van der Waals surface area contributed by atoms with Gasteiger partial charge in [-0.2, -0.15) is 0 Å². The fraction of sp³-hybridized carbons (Fsp3) is 0.320. The molecule has 2 saturated heterocycles. The van der Waals surface area contributed by atoms with Crippen LogP contribution in [0.3, 0.4) is 0 Å². The number of amides is 3. The molecule has 3 aliphatic heterocycles. The van der Waals surface area contributed by atoms with Gasteiger partial charge in [-0.15, -0.1) is 0 Å². The monoisotopic (exact) mass is 496 g/mol. The van der Waals surface area contributed by atoms with E-state index in [1.807, 2.05) is 0 Å². The molecule has 2 aromatic carbocycles. The maximum Gasteiger partial charge on any atom is 0.293 e. The van der Waals surface area contributed by atoms with E-state index in [-0.39, 0.29) is 37.1 Å². The molecule has 1 atom stereocenters. The Morgan fingerprint density at radius 1 is 1.17 bits per heavy atom. The summed E-state index contributed by atoms with van der Waals surface area (Å²) in [6.45, 7) is 1.46. The van der Waals surface area contributed by atoms with Gasteiger partial charge in [0.15, 0.2) is 11.5 Å². The Kier molecular flexibility index (Phi) is 6.91. The Labute approximate surface area is 206 Å². The minimum Gasteiger partial charge on any atom is -0.490 e. The summed E-state index contributed by atoms with van der Waals surface area (Å²) in [5.74, 6) is 0.979. The van der Waals surface area contributed by atoms with E-state index in [9.17, 15) is 14.4 Å². The Hall–Kier alpha value is -3.50. The summed E-state index contributed by atoms with van der Waals surface area (Å²) in [5, 5.41) is 2.39. The number of ether oxygens (including phenoxy) is 4. The molecule has 0 aliphatic carbocycles. The second-order valence-electron chi connectivity index (χ2n) is 8.14. The van der Waals surface area contributed by atoms with Crippen LogP contribution in [0, 0.1) is 0 Å². The van der Waals surface area contributed by atoms with Crippen LogP contribution in [0.25, 0.3) is 6.08 Å². The highest BCUT2D eigenvalue weighted by Gasteiger charge is 2.34. The highest BCUT2D eigenvalue weighted by Crippen LogP contribution is 2.36. The summed E-state index contributed by atoms with van der Waals surface area (Å²) in [6, 6.07) is 12.3. The third-order valence-corrected chi connectivity index (χ3v) is 6.68. The molecule has 1 unspecified atom stereocenters. The smallest absolute Gasteiger partial charge is 0.293 e. The van der Waals surface area contributed by atoms with Crippen molar-refractivity contribution in [3.05, 3.63) is 58.5 Å². The van der Waals surface area contributed by atoms with Gasteiger partial charge >= 0.3 is 0 Å². The van der Waals surface area contributed by atoms with E-state index in [1.165, 1.54) is 0 Å². The second kappa shape index (κ2) is 10.4. The number of nitrogens with zero attached hydrogens (tertiary/aromatic N) is 1. The topological polar surface area (TPSA) is 103 Å². The second-order valence-corrected chi connectivity index (χ2v) is 9.14. The summed E-state index contributed by atoms with van der Waals surface area (Å²) in [7, 11) is 0. The third kappa shape index (κ3) is 5.28. The van der Waals surface area contributed by atoms with Crippen LogP contribution in [0.15, 0.2) is 47.4 Å². The van der Waals surface area contributed by atoms with Crippen molar-refractivity contribution in [1.29, 1.82) is 0 Å². The van der Waals surface area contributed by atoms with Gasteiger partial charge in [-0.3, -0.25) is 19.3 Å². The molecule has 0 aromatic heterocycles. The lowest BCUT2D eigenvalue weighted by atomic mass is 10.2. The number of benzene rings is 2. The number of nitrogens with one attached hydrogen (secondary N) is 1. The van der Waals surface area contributed by atoms with E-state index in [4.69, 9.17) is 18.9 Å². The van der Waals surface area contributed by atoms with Crippen molar-refractivity contribution in [2.75, 3.05) is 33.1 Å². The van der Waals surface area contributed by atoms with E-state index in [1.54, 1.807) is 48.5 Å². The van der Waals surface area contributed by atoms with Gasteiger partial charge in [-0.25, -0.2) is 0 Å². The fourth-order valence-electron chi connectivity index (χ4n) is 3.96. The first-order chi connectivity index (χ1) is 17.1. The van der Waals surface area contributed by atoms with Crippen molar-refractivity contribution in [3.8, 4) is 17.2 Å². The van der Waals surface area contributed by atoms with E-state index >= 15 is 0 Å². The summed E-state index contributed by atoms with van der Waals surface area (Å²) in [4.78, 5) is 39.4. The molecule has 9 nitrogen and oxygen atoms in total. The summed E-state index contributed by atoms with van der Waals surface area (Å²) in [5.41, 5.74) is 1.12. The van der Waals surface area contributed by atoms with E-state index < -0.39 is 5.91 Å². The van der Waals surface area contributed by atoms with Gasteiger partial charge in [0.05, 0.1) is 16.6 Å². The predicted molar refractivity (Wildman–Crippen MR) is 128 cm³/mol. The number of carbonyl (C=O) groups is 3. The molecule has 35 heavy (non-hydrogen) atoms. The SMILES string of the molecule is O=C(NCCN1C(=O)S/C(=C\c2ccc3c(c2)OCO3)C1=O)c1ccccc1OCC1CCCO1. The van der Waals surface area contributed by atoms with Gasteiger partial charge in [0.1, 0.15) is 12.4 Å². The van der Waals surface area contributed by atoms with Crippen LogP contribution >= 0.6 is 11.8 Å². The highest BCUT2D eigenvalue weighted by atomic mass is 32.2. The van der Waals surface area contributed by atoms with Crippen molar-refractivity contribution in [1.82, 2.24) is 10.2 Å². The van der Waals surface area contributed by atoms with Crippen LogP contribution in [-0.2, 0) is 9.53 Å². The zero-order chi connectivity index (χ0) is 24.2. The minimum absolute atomic E-state index is 0.0377. The van der Waals surface area contributed by atoms with Crippen molar-refractivity contribution in [3.63, 3.8) is 0 Å². The average Bonchev–Trinajstić information content (AvgIpc) is 3.61. The maximum atomic E-state index is 12.8. The molecule has 3 aliphatic rings. The number of imide groups is 1. The lowest BCUT2D eigenvalue weighted by molar-refractivity contribution is -0.122. The number of para-hydroxylation sites is 1. The highest BCUT2D eigenvalue weighted by molar-refractivity contribution is 8.18. The fourth-order valence-corrected chi connectivity index (χ4v) is 4.83. The molecular weight excluding hydrogens is 472 g/mol. The summed E-state index contributed by atoms with van der Waals surface area (Å²) >= 11 is 0.868. The van der Waals surface area contributed by atoms with Crippen LogP contribution in [0.2, 0.25) is 0 Å². The van der Waals surface area contributed by atoms with Crippen molar-refractivity contribution in [2.45, 2.75) is 18.9 Å². The number of hydrogen-bond donors (Lipinski definition) is 1. The summed E-state index contributed by atoms with van der Waals surface area (Å²) in [6.07, 6.45) is 3.63. The van der Waals surface area contributed by atoms with Gasteiger partial charge in [0.2, 0.25) is 6.79 Å². The van der Waals surface area contributed by atoms with Gasteiger partial charge < -0.3 is 24.3 Å². The molecule has 3 amide bonds. The largest absolute Gasteiger partial charge is 0.490 e. The molecule has 5 rings (SSSR count). The molecule has 2 aromatic rings. The van der Waals surface area contributed by atoms with E-state index in [2.05, 4.69) is 5.32 Å². The number of hydrogen-bond acceptors (Lipinski definition) is 8. The number of thioether (sulfide) groups is 1. The van der Waals surface area contributed by atoms with Gasteiger partial charge in [0, 0.05) is 19.7 Å². The van der Waals surface area contributed by atoms with Crippen LogP contribution in [0.1, 0.15) is 28.8 Å². The maximum absolute atomic E-state index is 12.8. The molecule has 10 heteroatoms. The molecule has 2 fully saturated rings. The van der Waals surface area contributed by atoms with Gasteiger partial charge in [-0.1, -0.05) is 18.2 Å². The summed E-state index contributed by atoms with van der Waals surface area (Å²) < 4.78 is 22.0. The predicted octanol–water partition coefficient (Wildman–Crippen LogP) is 3.44. The molecular formula is C25H24N2O7S. The van der Waals surface area contributed by atoms with Crippen molar-refractivity contribution >= 4 is 34.9 Å². The molecule has 0 spiro atoms. The Balaban J connectivity index is 1.16. The molecule has 3 heterocycles. The van der Waals surface area contributed by atoms with Gasteiger partial charge in [0.25, 0.3) is 17.1 Å². The number of fused-ring (bicyclic) bond motifs is 1. The first kappa shape index (κ1) is 23.3. The zero-order valence-electron chi connectivity index (χ0n) is 18.9. The quantitative estimate of drug-likeness (QED) is 0.555. The lowest BCUT2D eigenvalue weighted by Gasteiger charge is -2.16. The molecule has 0 radical (unpaired) electrons. The Morgan fingerprint density at radius 3 is 2.89 bits per heavy atom. The number of carbonyl (C=O) groups excluding carboxylic acids is 3. The minimum atomic E-state index is -0.396. The van der Waals surface area contributed by atoms with E-state index in [0.29, 0.717) is 34.3 Å². The first-order valence-electron chi connectivity index (χ1n) is 11.3. The average molecular weight is 497 g/mol. The molecule has 182 valence electrons. The van der Waals surface area contributed by atoms with Crippen LogP contribution in [0.5, 0.6) is 17.2 Å². The lowest BCUT2D eigenvalue weighted by Crippen LogP contribution is -2.37. The van der Waals surface area contributed by atoms with Crippen LogP contribution in [-0.4, -0.2) is 61.2 Å². The molecule has 0 bridgehead atoms.